The molecule has 74 valence electrons. The summed E-state index contributed by atoms with van der Waals surface area (Å²) < 4.78 is 0. The molecule has 1 aromatic carbocycles. The van der Waals surface area contributed by atoms with Crippen LogP contribution < -0.4 is 16.6 Å². The summed E-state index contributed by atoms with van der Waals surface area (Å²) in [5.41, 5.74) is 2.40. The van der Waals surface area contributed by atoms with Crippen LogP contribution in [0.15, 0.2) is 18.2 Å². The molecule has 1 rings (SSSR count). The van der Waals surface area contributed by atoms with Crippen molar-refractivity contribution in [1.82, 2.24) is 5.43 Å². The van der Waals surface area contributed by atoms with Gasteiger partial charge in [-0.25, -0.2) is 5.84 Å². The summed E-state index contributed by atoms with van der Waals surface area (Å²) in [6.07, 6.45) is 0.457. The summed E-state index contributed by atoms with van der Waals surface area (Å²) in [6, 6.07) is 4.69. The number of rotatable bonds is 3. The van der Waals surface area contributed by atoms with Crippen molar-refractivity contribution in [2.75, 3.05) is 5.32 Å². The van der Waals surface area contributed by atoms with Gasteiger partial charge >= 0.3 is 0 Å². The molecule has 0 unspecified atom stereocenters. The number of benzene rings is 1. The minimum Gasteiger partial charge on any atom is -0.328 e. The van der Waals surface area contributed by atoms with Crippen molar-refractivity contribution in [3.05, 3.63) is 28.8 Å². The predicted molar refractivity (Wildman–Crippen MR) is 52.8 cm³/mol. The number of nitrogens with two attached hydrogens (primary N) is 1. The van der Waals surface area contributed by atoms with Gasteiger partial charge in [0.2, 0.25) is 6.41 Å². The maximum atomic E-state index is 11.3. The topological polar surface area (TPSA) is 84.2 Å². The largest absolute Gasteiger partial charge is 0.328 e. The van der Waals surface area contributed by atoms with Crippen molar-refractivity contribution < 1.29 is 9.59 Å². The highest BCUT2D eigenvalue weighted by molar-refractivity contribution is 6.34. The normalized spacial score (nSPS) is 9.29. The fourth-order valence-corrected chi connectivity index (χ4v) is 1.27. The molecule has 0 aliphatic heterocycles. The average molecular weight is 214 g/mol. The minimum absolute atomic E-state index is 0.142. The third-order valence-electron chi connectivity index (χ3n) is 1.59. The maximum absolute atomic E-state index is 11.3. The van der Waals surface area contributed by atoms with Gasteiger partial charge in [0.1, 0.15) is 0 Å². The first-order valence-corrected chi connectivity index (χ1v) is 4.08. The third-order valence-corrected chi connectivity index (χ3v) is 1.90. The van der Waals surface area contributed by atoms with Crippen LogP contribution in [0.4, 0.5) is 5.69 Å². The Kier molecular flexibility index (Phi) is 3.44. The van der Waals surface area contributed by atoms with E-state index in [4.69, 9.17) is 17.4 Å². The number of halogens is 1. The van der Waals surface area contributed by atoms with Gasteiger partial charge < -0.3 is 5.32 Å². The van der Waals surface area contributed by atoms with Gasteiger partial charge in [-0.05, 0) is 12.1 Å². The number of hydrogen-bond acceptors (Lipinski definition) is 3. The number of amides is 2. The molecule has 0 saturated carbocycles. The van der Waals surface area contributed by atoms with E-state index in [9.17, 15) is 9.59 Å². The van der Waals surface area contributed by atoms with E-state index in [0.29, 0.717) is 12.1 Å². The number of carbonyl (C=O) groups is 2. The molecular weight excluding hydrogens is 206 g/mol. The Morgan fingerprint density at radius 1 is 1.50 bits per heavy atom. The molecule has 0 saturated heterocycles. The van der Waals surface area contributed by atoms with Gasteiger partial charge in [-0.15, -0.1) is 0 Å². The summed E-state index contributed by atoms with van der Waals surface area (Å²) in [7, 11) is 0. The Bertz CT molecular complexity index is 368. The lowest BCUT2D eigenvalue weighted by molar-refractivity contribution is -0.105. The lowest BCUT2D eigenvalue weighted by atomic mass is 10.1. The zero-order valence-electron chi connectivity index (χ0n) is 7.08. The average Bonchev–Trinajstić information content (AvgIpc) is 2.18. The molecule has 14 heavy (non-hydrogen) atoms. The van der Waals surface area contributed by atoms with Crippen molar-refractivity contribution in [3.8, 4) is 0 Å². The monoisotopic (exact) mass is 213 g/mol. The molecule has 2 amide bonds. The van der Waals surface area contributed by atoms with Crippen LogP contribution in [-0.2, 0) is 4.79 Å². The number of nitrogens with one attached hydrogen (secondary N) is 2. The second-order valence-electron chi connectivity index (χ2n) is 2.40. The highest BCUT2D eigenvalue weighted by atomic mass is 35.5. The van der Waals surface area contributed by atoms with Gasteiger partial charge in [-0.1, -0.05) is 17.7 Å². The zero-order chi connectivity index (χ0) is 10.6. The van der Waals surface area contributed by atoms with E-state index in [0.717, 1.165) is 0 Å². The van der Waals surface area contributed by atoms with Crippen molar-refractivity contribution in [2.24, 2.45) is 5.84 Å². The van der Waals surface area contributed by atoms with E-state index in [1.54, 1.807) is 12.1 Å². The predicted octanol–water partition coefficient (Wildman–Crippen LogP) is 0.512. The van der Waals surface area contributed by atoms with Crippen molar-refractivity contribution in [3.63, 3.8) is 0 Å². The van der Waals surface area contributed by atoms with Gasteiger partial charge in [0, 0.05) is 0 Å². The molecule has 0 heterocycles. The Morgan fingerprint density at radius 3 is 2.79 bits per heavy atom. The maximum Gasteiger partial charge on any atom is 0.268 e. The van der Waals surface area contributed by atoms with Crippen LogP contribution in [0.5, 0.6) is 0 Å². The second-order valence-corrected chi connectivity index (χ2v) is 2.81. The quantitative estimate of drug-likeness (QED) is 0.296. The SMILES string of the molecule is NNC(=O)c1c(Cl)cccc1NC=O. The zero-order valence-corrected chi connectivity index (χ0v) is 7.84. The molecular formula is C8H8ClN3O2. The minimum atomic E-state index is -0.556. The van der Waals surface area contributed by atoms with Crippen LogP contribution in [0.1, 0.15) is 10.4 Å². The molecule has 0 atom stereocenters. The number of anilines is 1. The van der Waals surface area contributed by atoms with Crippen molar-refractivity contribution in [1.29, 1.82) is 0 Å². The van der Waals surface area contributed by atoms with Gasteiger partial charge in [0.15, 0.2) is 0 Å². The van der Waals surface area contributed by atoms with Crippen LogP contribution in [-0.4, -0.2) is 12.3 Å². The third kappa shape index (κ3) is 2.01. The number of hydrazine groups is 1. The van der Waals surface area contributed by atoms with Crippen LogP contribution in [0, 0.1) is 0 Å². The van der Waals surface area contributed by atoms with E-state index in [1.807, 2.05) is 5.43 Å². The first-order valence-electron chi connectivity index (χ1n) is 3.70. The molecule has 0 radical (unpaired) electrons. The summed E-state index contributed by atoms with van der Waals surface area (Å²) >= 11 is 5.77. The lowest BCUT2D eigenvalue weighted by Crippen LogP contribution is -2.30. The highest BCUT2D eigenvalue weighted by Gasteiger charge is 2.13. The molecule has 5 nitrogen and oxygen atoms in total. The van der Waals surface area contributed by atoms with E-state index in [1.165, 1.54) is 6.07 Å². The van der Waals surface area contributed by atoms with Crippen LogP contribution in [0.25, 0.3) is 0 Å². The molecule has 0 aromatic heterocycles. The molecule has 0 fully saturated rings. The van der Waals surface area contributed by atoms with Gasteiger partial charge in [0.05, 0.1) is 16.3 Å². The second kappa shape index (κ2) is 4.59. The van der Waals surface area contributed by atoms with Crippen molar-refractivity contribution in [2.45, 2.75) is 0 Å². The summed E-state index contributed by atoms with van der Waals surface area (Å²) in [6.45, 7) is 0. The van der Waals surface area contributed by atoms with Gasteiger partial charge in [-0.3, -0.25) is 15.0 Å². The number of nitrogen functional groups attached to an aromatic ring is 1. The summed E-state index contributed by atoms with van der Waals surface area (Å²) in [5.74, 6) is 4.41. The lowest BCUT2D eigenvalue weighted by Gasteiger charge is -2.07. The highest BCUT2D eigenvalue weighted by Crippen LogP contribution is 2.23. The van der Waals surface area contributed by atoms with Crippen LogP contribution >= 0.6 is 11.6 Å². The molecule has 0 aliphatic carbocycles. The van der Waals surface area contributed by atoms with Crippen LogP contribution in [0.2, 0.25) is 5.02 Å². The number of hydrogen-bond donors (Lipinski definition) is 3. The standard InChI is InChI=1S/C8H8ClN3O2/c9-5-2-1-3-6(11-4-13)7(5)8(14)12-10/h1-4H,10H2,(H,11,13)(H,12,14). The molecule has 0 bridgehead atoms. The van der Waals surface area contributed by atoms with Gasteiger partial charge in [0.25, 0.3) is 5.91 Å². The molecule has 4 N–H and O–H groups in total. The van der Waals surface area contributed by atoms with E-state index >= 15 is 0 Å². The van der Waals surface area contributed by atoms with E-state index < -0.39 is 5.91 Å². The Labute approximate surface area is 85.2 Å². The smallest absolute Gasteiger partial charge is 0.268 e. The summed E-state index contributed by atoms with van der Waals surface area (Å²) in [5, 5.41) is 2.57. The fraction of sp³-hybridized carbons (Fsp3) is 0. The van der Waals surface area contributed by atoms with E-state index in [-0.39, 0.29) is 10.6 Å². The van der Waals surface area contributed by atoms with Gasteiger partial charge in [-0.2, -0.15) is 0 Å². The molecule has 0 spiro atoms. The number of carbonyl (C=O) groups excluding carboxylic acids is 2. The Morgan fingerprint density at radius 2 is 2.21 bits per heavy atom. The Balaban J connectivity index is 3.21. The van der Waals surface area contributed by atoms with E-state index in [2.05, 4.69) is 5.32 Å². The first-order chi connectivity index (χ1) is 6.70. The first kappa shape index (κ1) is 10.5. The molecule has 1 aromatic rings. The Hall–Kier alpha value is -1.59. The molecule has 0 aliphatic rings. The van der Waals surface area contributed by atoms with Crippen molar-refractivity contribution >= 4 is 29.6 Å². The fourth-order valence-electron chi connectivity index (χ4n) is 1.01. The molecule has 6 heteroatoms. The van der Waals surface area contributed by atoms with Crippen LogP contribution in [0.3, 0.4) is 0 Å². The summed E-state index contributed by atoms with van der Waals surface area (Å²) in [4.78, 5) is 21.5.